The molecule has 10 aromatic rings. The number of para-hydroxylation sites is 2. The SMILES string of the molecule is [2H]c1c([2H])c([2H])c2c(c1[2H])-c1cccc(C(C)(C)C)c1-[n+]1[c-]n(-c3cccc(Oc4ccc5c6ccccc6n(-c6cc(C(C)(C)C)ccn6)c5c4)c3)c3cc(C(C)(C)C)cc(c31)-c1c([2H])c([2H])c([2H])c([2H])c1-2. The molecule has 1 aliphatic rings. The van der Waals surface area contributed by atoms with E-state index in [1.807, 2.05) is 82.1 Å². The molecule has 0 atom stereocenters. The summed E-state index contributed by atoms with van der Waals surface area (Å²) >= 11 is 0. The first-order valence-corrected chi connectivity index (χ1v) is 22.1. The topological polar surface area (TPSA) is 35.9 Å². The number of rotatable bonds is 4. The van der Waals surface area contributed by atoms with Crippen molar-refractivity contribution in [3.63, 3.8) is 0 Å². The van der Waals surface area contributed by atoms with Gasteiger partial charge in [-0.1, -0.05) is 159 Å². The van der Waals surface area contributed by atoms with Gasteiger partial charge in [0.05, 0.1) is 44.4 Å². The highest BCUT2D eigenvalue weighted by Crippen LogP contribution is 2.46. The maximum absolute atomic E-state index is 9.70. The number of imidazole rings is 1. The Morgan fingerprint density at radius 1 is 0.538 bits per heavy atom. The Morgan fingerprint density at radius 3 is 1.89 bits per heavy atom. The number of nitrogens with zero attached hydrogens (tertiary/aromatic N) is 4. The quantitative estimate of drug-likeness (QED) is 0.131. The number of hydrogen-bond donors (Lipinski definition) is 0. The van der Waals surface area contributed by atoms with Gasteiger partial charge in [0.1, 0.15) is 17.3 Å². The van der Waals surface area contributed by atoms with Gasteiger partial charge in [-0.05, 0) is 121 Å². The van der Waals surface area contributed by atoms with Crippen LogP contribution in [0.2, 0.25) is 0 Å². The smallest absolute Gasteiger partial charge is 0.269 e. The summed E-state index contributed by atoms with van der Waals surface area (Å²) in [5.74, 6) is 1.99. The van der Waals surface area contributed by atoms with Crippen LogP contribution in [0.15, 0.2) is 164 Å². The van der Waals surface area contributed by atoms with Crippen molar-refractivity contribution >= 4 is 32.8 Å². The Kier molecular flexibility index (Phi) is 7.31. The number of aromatic nitrogens is 4. The molecule has 0 amide bonds. The highest BCUT2D eigenvalue weighted by molar-refractivity contribution is 6.09. The van der Waals surface area contributed by atoms with E-state index in [0.717, 1.165) is 38.8 Å². The van der Waals surface area contributed by atoms with Crippen LogP contribution in [0.3, 0.4) is 0 Å². The van der Waals surface area contributed by atoms with Gasteiger partial charge in [-0.3, -0.25) is 13.7 Å². The van der Waals surface area contributed by atoms with E-state index in [-0.39, 0.29) is 39.8 Å². The minimum atomic E-state index is -0.520. The Hall–Kier alpha value is -7.24. The van der Waals surface area contributed by atoms with Crippen molar-refractivity contribution in [3.8, 4) is 62.1 Å². The van der Waals surface area contributed by atoms with Crippen LogP contribution in [-0.2, 0) is 16.2 Å². The maximum Gasteiger partial charge on any atom is 0.269 e. The fraction of sp³-hybridized carbons (Fsp3) is 0.200. The van der Waals surface area contributed by atoms with Crippen molar-refractivity contribution in [1.29, 1.82) is 0 Å². The summed E-state index contributed by atoms with van der Waals surface area (Å²) in [5, 5.41) is 2.17. The third-order valence-corrected chi connectivity index (χ3v) is 12.6. The van der Waals surface area contributed by atoms with Crippen LogP contribution < -0.4 is 9.30 Å². The lowest BCUT2D eigenvalue weighted by molar-refractivity contribution is -0.572. The highest BCUT2D eigenvalue weighted by atomic mass is 16.5. The van der Waals surface area contributed by atoms with Crippen molar-refractivity contribution in [2.75, 3.05) is 0 Å². The maximum atomic E-state index is 9.70. The van der Waals surface area contributed by atoms with Gasteiger partial charge in [-0.25, -0.2) is 4.98 Å². The second-order valence-corrected chi connectivity index (χ2v) is 20.1. The molecule has 7 aromatic carbocycles. The normalized spacial score (nSPS) is 14.4. The molecule has 4 heterocycles. The van der Waals surface area contributed by atoms with Crippen LogP contribution >= 0.6 is 0 Å². The second kappa shape index (κ2) is 14.6. The third kappa shape index (κ3) is 6.75. The van der Waals surface area contributed by atoms with Crippen molar-refractivity contribution in [3.05, 3.63) is 187 Å². The Bertz CT molecular complexity index is 4000. The lowest BCUT2D eigenvalue weighted by Crippen LogP contribution is -2.35. The van der Waals surface area contributed by atoms with E-state index in [1.54, 1.807) is 0 Å². The van der Waals surface area contributed by atoms with E-state index in [4.69, 9.17) is 15.2 Å². The lowest BCUT2D eigenvalue weighted by Gasteiger charge is -2.26. The van der Waals surface area contributed by atoms with Crippen LogP contribution in [0.4, 0.5) is 0 Å². The summed E-state index contributed by atoms with van der Waals surface area (Å²) in [6.07, 6.45) is 5.60. The van der Waals surface area contributed by atoms with Crippen LogP contribution in [0.1, 0.15) is 90.0 Å². The summed E-state index contributed by atoms with van der Waals surface area (Å²) < 4.78 is 87.3. The zero-order chi connectivity index (χ0) is 52.0. The first-order chi connectivity index (χ1) is 34.4. The predicted octanol–water partition coefficient (Wildman–Crippen LogP) is 15.2. The van der Waals surface area contributed by atoms with E-state index in [2.05, 4.69) is 116 Å². The Morgan fingerprint density at radius 2 is 1.18 bits per heavy atom. The van der Waals surface area contributed by atoms with Crippen LogP contribution in [0, 0.1) is 6.33 Å². The summed E-state index contributed by atoms with van der Waals surface area (Å²) in [6, 6.07) is 32.8. The Labute approximate surface area is 393 Å². The fourth-order valence-corrected chi connectivity index (χ4v) is 9.30. The molecule has 1 aliphatic heterocycles. The molecule has 0 radical (unpaired) electrons. The minimum absolute atomic E-state index is 0.00207. The van der Waals surface area contributed by atoms with Gasteiger partial charge in [-0.2, -0.15) is 0 Å². The summed E-state index contributed by atoms with van der Waals surface area (Å²) in [4.78, 5) is 4.87. The van der Waals surface area contributed by atoms with Gasteiger partial charge < -0.3 is 4.74 Å². The predicted molar refractivity (Wildman–Crippen MR) is 268 cm³/mol. The molecule has 0 saturated heterocycles. The van der Waals surface area contributed by atoms with Crippen molar-refractivity contribution in [2.24, 2.45) is 0 Å². The standard InChI is InChI=1S/C60H54N4O/c1-58(2,3)38-30-31-61-55(34-38)64-52-27-15-14-24-47(52)48-29-28-42(36-53(48)64)65-41-19-16-18-40(35-41)62-37-63-56-49(25-17-26-51(56)60(7,8)9)45-22-12-10-20-43(45)44-21-11-13-23-46(44)50-32-39(59(4,5)6)33-54(62)57(50)63/h10-36H,1-9H3/i10D,11D,12D,13D,20D,21D,22D,23D. The summed E-state index contributed by atoms with van der Waals surface area (Å²) in [7, 11) is 0. The minimum Gasteiger partial charge on any atom is -0.458 e. The summed E-state index contributed by atoms with van der Waals surface area (Å²) in [5.41, 5.74) is 7.55. The van der Waals surface area contributed by atoms with Gasteiger partial charge in [0.2, 0.25) is 0 Å². The molecule has 0 spiro atoms. The van der Waals surface area contributed by atoms with Gasteiger partial charge in [0.25, 0.3) is 6.33 Å². The first kappa shape index (κ1) is 32.4. The number of pyridine rings is 1. The largest absolute Gasteiger partial charge is 0.458 e. The number of ether oxygens (including phenoxy) is 1. The number of fused-ring (bicyclic) bond motifs is 10. The van der Waals surface area contributed by atoms with Gasteiger partial charge in [0, 0.05) is 23.0 Å². The lowest BCUT2D eigenvalue weighted by atomic mass is 9.82. The van der Waals surface area contributed by atoms with Crippen molar-refractivity contribution in [1.82, 2.24) is 14.1 Å². The molecule has 0 saturated carbocycles. The monoisotopic (exact) mass is 854 g/mol. The van der Waals surface area contributed by atoms with E-state index in [1.165, 1.54) is 5.56 Å². The highest BCUT2D eigenvalue weighted by Gasteiger charge is 2.30. The molecule has 0 unspecified atom stereocenters. The second-order valence-electron chi connectivity index (χ2n) is 20.1. The summed E-state index contributed by atoms with van der Waals surface area (Å²) in [6.45, 7) is 19.1. The molecule has 0 fully saturated rings. The molecular formula is C60H54N4O. The van der Waals surface area contributed by atoms with Crippen LogP contribution in [-0.4, -0.2) is 14.1 Å². The zero-order valence-corrected chi connectivity index (χ0v) is 38.2. The molecular weight excluding hydrogens is 793 g/mol. The van der Waals surface area contributed by atoms with Gasteiger partial charge in [0.15, 0.2) is 0 Å². The van der Waals surface area contributed by atoms with Crippen molar-refractivity contribution < 1.29 is 20.3 Å². The molecule has 0 bridgehead atoms. The molecule has 0 N–H and O–H groups in total. The molecule has 0 aliphatic carbocycles. The molecule has 11 rings (SSSR count). The van der Waals surface area contributed by atoms with E-state index in [9.17, 15) is 5.48 Å². The van der Waals surface area contributed by atoms with Crippen molar-refractivity contribution in [2.45, 2.75) is 78.6 Å². The molecule has 5 heteroatoms. The molecule has 320 valence electrons. The number of hydrogen-bond acceptors (Lipinski definition) is 2. The average Bonchev–Trinajstić information content (AvgIpc) is 3.90. The van der Waals surface area contributed by atoms with Crippen LogP contribution in [0.25, 0.3) is 83.4 Å². The molecule has 65 heavy (non-hydrogen) atoms. The average molecular weight is 855 g/mol. The van der Waals surface area contributed by atoms with Gasteiger partial charge >= 0.3 is 0 Å². The number of benzene rings is 7. The van der Waals surface area contributed by atoms with Gasteiger partial charge in [-0.15, -0.1) is 0 Å². The van der Waals surface area contributed by atoms with E-state index in [0.29, 0.717) is 45.0 Å². The van der Waals surface area contributed by atoms with E-state index < -0.39 is 47.1 Å². The van der Waals surface area contributed by atoms with E-state index >= 15 is 0 Å². The van der Waals surface area contributed by atoms with Crippen LogP contribution in [0.5, 0.6) is 11.5 Å². The molecule has 5 nitrogen and oxygen atoms in total. The first-order valence-electron chi connectivity index (χ1n) is 26.1. The third-order valence-electron chi connectivity index (χ3n) is 12.6. The molecule has 3 aromatic heterocycles. The Balaban J connectivity index is 1.19. The zero-order valence-electron chi connectivity index (χ0n) is 46.2. The fourth-order valence-electron chi connectivity index (χ4n) is 9.30.